The molecular weight excluding hydrogens is 234 g/mol. The van der Waals surface area contributed by atoms with E-state index in [0.29, 0.717) is 17.8 Å². The molecule has 1 rings (SSSR count). The minimum atomic E-state index is 0.0258. The summed E-state index contributed by atoms with van der Waals surface area (Å²) in [6, 6.07) is 0.164. The molecule has 0 amide bonds. The Morgan fingerprint density at radius 3 is 2.61 bits per heavy atom. The molecule has 0 atom stereocenters. The van der Waals surface area contributed by atoms with Crippen molar-refractivity contribution in [1.82, 2.24) is 9.78 Å². The van der Waals surface area contributed by atoms with E-state index < -0.39 is 0 Å². The second-order valence-corrected chi connectivity index (χ2v) is 4.40. The van der Waals surface area contributed by atoms with Crippen molar-refractivity contribution in [3.63, 3.8) is 0 Å². The van der Waals surface area contributed by atoms with Gasteiger partial charge in [-0.15, -0.1) is 0 Å². The highest BCUT2D eigenvalue weighted by atomic mass is 16.4. The van der Waals surface area contributed by atoms with E-state index in [1.165, 1.54) is 0 Å². The topological polar surface area (TPSA) is 99.9 Å². The van der Waals surface area contributed by atoms with E-state index >= 15 is 0 Å². The smallest absolute Gasteiger partial charge is 0.175 e. The Labute approximate surface area is 106 Å². The molecule has 0 saturated carbocycles. The predicted molar refractivity (Wildman–Crippen MR) is 70.0 cm³/mol. The number of aryl methyl sites for hydroxylation is 2. The lowest BCUT2D eigenvalue weighted by Gasteiger charge is -2.28. The third kappa shape index (κ3) is 2.56. The van der Waals surface area contributed by atoms with Gasteiger partial charge in [0.1, 0.15) is 5.82 Å². The van der Waals surface area contributed by atoms with E-state index in [1.54, 1.807) is 18.7 Å². The van der Waals surface area contributed by atoms with E-state index in [4.69, 9.17) is 16.0 Å². The first-order valence-electron chi connectivity index (χ1n) is 5.83. The number of hydrogen-bond acceptors (Lipinski definition) is 5. The van der Waals surface area contributed by atoms with Gasteiger partial charge in [0.2, 0.25) is 0 Å². The molecule has 0 bridgehead atoms. The zero-order valence-electron chi connectivity index (χ0n) is 11.3. The van der Waals surface area contributed by atoms with E-state index in [2.05, 4.69) is 10.3 Å². The monoisotopic (exact) mass is 255 g/mol. The molecule has 1 heterocycles. The number of anilines is 1. The van der Waals surface area contributed by atoms with Crippen LogP contribution in [0.25, 0.3) is 0 Å². The van der Waals surface area contributed by atoms with Crippen LogP contribution >= 0.6 is 0 Å². The number of aromatic nitrogens is 2. The molecule has 1 aromatic heterocycles. The lowest BCUT2D eigenvalue weighted by atomic mass is 10.2. The normalized spacial score (nSPS) is 12.2. The van der Waals surface area contributed by atoms with Gasteiger partial charge in [-0.05, 0) is 20.8 Å². The number of nitrogens with two attached hydrogens (primary N) is 1. The van der Waals surface area contributed by atoms with Gasteiger partial charge < -0.3 is 20.9 Å². The Bertz CT molecular complexity index is 439. The van der Waals surface area contributed by atoms with Crippen LogP contribution < -0.4 is 10.6 Å². The summed E-state index contributed by atoms with van der Waals surface area (Å²) in [5, 5.41) is 25.3. The first-order chi connectivity index (χ1) is 8.43. The Balaban J connectivity index is 3.37. The SMILES string of the molecule is Cc1nn(C)c(N(CCO)C(C)C)c1C(N)=NO. The molecule has 0 aliphatic carbocycles. The van der Waals surface area contributed by atoms with Gasteiger partial charge in [-0.25, -0.2) is 0 Å². The average molecular weight is 255 g/mol. The van der Waals surface area contributed by atoms with Crippen LogP contribution in [-0.4, -0.2) is 45.1 Å². The molecule has 0 unspecified atom stereocenters. The third-order valence-electron chi connectivity index (χ3n) is 2.79. The summed E-state index contributed by atoms with van der Waals surface area (Å²) in [7, 11) is 1.79. The predicted octanol–water partition coefficient (Wildman–Crippen LogP) is 0.0301. The fraction of sp³-hybridized carbons (Fsp3) is 0.636. The van der Waals surface area contributed by atoms with Crippen molar-refractivity contribution < 1.29 is 10.3 Å². The molecule has 18 heavy (non-hydrogen) atoms. The molecule has 0 fully saturated rings. The molecule has 0 aliphatic rings. The Morgan fingerprint density at radius 1 is 1.56 bits per heavy atom. The zero-order chi connectivity index (χ0) is 13.9. The van der Waals surface area contributed by atoms with Crippen LogP contribution in [0.2, 0.25) is 0 Å². The maximum atomic E-state index is 9.15. The van der Waals surface area contributed by atoms with Gasteiger partial charge in [0.25, 0.3) is 0 Å². The summed E-state index contributed by atoms with van der Waals surface area (Å²) in [6.07, 6.45) is 0. The van der Waals surface area contributed by atoms with Gasteiger partial charge in [0.15, 0.2) is 5.84 Å². The number of aliphatic hydroxyl groups is 1. The molecule has 0 radical (unpaired) electrons. The molecule has 102 valence electrons. The van der Waals surface area contributed by atoms with Crippen molar-refractivity contribution in [2.24, 2.45) is 17.9 Å². The summed E-state index contributed by atoms with van der Waals surface area (Å²) in [4.78, 5) is 1.97. The van der Waals surface area contributed by atoms with Crippen molar-refractivity contribution in [3.05, 3.63) is 11.3 Å². The molecule has 7 nitrogen and oxygen atoms in total. The van der Waals surface area contributed by atoms with Gasteiger partial charge in [0, 0.05) is 19.6 Å². The van der Waals surface area contributed by atoms with Crippen LogP contribution in [0, 0.1) is 6.92 Å². The largest absolute Gasteiger partial charge is 0.409 e. The van der Waals surface area contributed by atoms with Crippen LogP contribution in [0.3, 0.4) is 0 Å². The lowest BCUT2D eigenvalue weighted by molar-refractivity contribution is 0.298. The van der Waals surface area contributed by atoms with Crippen molar-refractivity contribution in [3.8, 4) is 0 Å². The highest BCUT2D eigenvalue weighted by molar-refractivity contribution is 6.02. The summed E-state index contributed by atoms with van der Waals surface area (Å²) in [6.45, 7) is 6.30. The average Bonchev–Trinajstić information content (AvgIpc) is 2.59. The van der Waals surface area contributed by atoms with Crippen molar-refractivity contribution in [1.29, 1.82) is 0 Å². The molecule has 0 spiro atoms. The first kappa shape index (κ1) is 14.3. The molecule has 7 heteroatoms. The van der Waals surface area contributed by atoms with Crippen molar-refractivity contribution >= 4 is 11.7 Å². The zero-order valence-corrected chi connectivity index (χ0v) is 11.3. The van der Waals surface area contributed by atoms with Gasteiger partial charge in [-0.1, -0.05) is 5.16 Å². The van der Waals surface area contributed by atoms with Crippen LogP contribution in [0.1, 0.15) is 25.1 Å². The van der Waals surface area contributed by atoms with Crippen LogP contribution in [0.4, 0.5) is 5.82 Å². The molecule has 0 aromatic carbocycles. The number of oxime groups is 1. The maximum Gasteiger partial charge on any atom is 0.175 e. The fourth-order valence-corrected chi connectivity index (χ4v) is 2.04. The highest BCUT2D eigenvalue weighted by Crippen LogP contribution is 2.24. The summed E-state index contributed by atoms with van der Waals surface area (Å²) in [5.41, 5.74) is 6.99. The molecule has 4 N–H and O–H groups in total. The van der Waals surface area contributed by atoms with Crippen LogP contribution in [-0.2, 0) is 7.05 Å². The number of aliphatic hydroxyl groups excluding tert-OH is 1. The standard InChI is InChI=1S/C11H21N5O2/c1-7(2)16(5-6-17)11-9(10(12)14-18)8(3)13-15(11)4/h7,17-18H,5-6H2,1-4H3,(H2,12,14). The Hall–Kier alpha value is -1.76. The lowest BCUT2D eigenvalue weighted by Crippen LogP contribution is -2.36. The Kier molecular flexibility index (Phi) is 4.55. The summed E-state index contributed by atoms with van der Waals surface area (Å²) in [5.74, 6) is 0.769. The van der Waals surface area contributed by atoms with Crippen LogP contribution in [0.5, 0.6) is 0 Å². The molecule has 0 aliphatic heterocycles. The fourth-order valence-electron chi connectivity index (χ4n) is 2.04. The maximum absolute atomic E-state index is 9.15. The quantitative estimate of drug-likeness (QED) is 0.298. The van der Waals surface area contributed by atoms with Gasteiger partial charge in [0.05, 0.1) is 17.9 Å². The minimum absolute atomic E-state index is 0.0258. The first-order valence-corrected chi connectivity index (χ1v) is 5.83. The Morgan fingerprint density at radius 2 is 2.17 bits per heavy atom. The second kappa shape index (κ2) is 5.72. The minimum Gasteiger partial charge on any atom is -0.409 e. The van der Waals surface area contributed by atoms with E-state index in [0.717, 1.165) is 5.82 Å². The van der Waals surface area contributed by atoms with E-state index in [-0.39, 0.29) is 18.5 Å². The second-order valence-electron chi connectivity index (χ2n) is 4.40. The van der Waals surface area contributed by atoms with Crippen LogP contribution in [0.15, 0.2) is 5.16 Å². The number of amidine groups is 1. The van der Waals surface area contributed by atoms with Gasteiger partial charge in [-0.2, -0.15) is 5.10 Å². The summed E-state index contributed by atoms with van der Waals surface area (Å²) >= 11 is 0. The van der Waals surface area contributed by atoms with E-state index in [9.17, 15) is 0 Å². The summed E-state index contributed by atoms with van der Waals surface area (Å²) < 4.78 is 1.68. The van der Waals surface area contributed by atoms with E-state index in [1.807, 2.05) is 18.7 Å². The number of rotatable bonds is 5. The molecule has 0 saturated heterocycles. The highest BCUT2D eigenvalue weighted by Gasteiger charge is 2.23. The molecular formula is C11H21N5O2. The molecule has 1 aromatic rings. The van der Waals surface area contributed by atoms with Gasteiger partial charge in [-0.3, -0.25) is 4.68 Å². The number of nitrogens with zero attached hydrogens (tertiary/aromatic N) is 4. The third-order valence-corrected chi connectivity index (χ3v) is 2.79. The number of hydrogen-bond donors (Lipinski definition) is 3. The van der Waals surface area contributed by atoms with Gasteiger partial charge >= 0.3 is 0 Å². The van der Waals surface area contributed by atoms with Crippen molar-refractivity contribution in [2.45, 2.75) is 26.8 Å². The van der Waals surface area contributed by atoms with Crippen molar-refractivity contribution in [2.75, 3.05) is 18.1 Å².